The molecule has 113 heavy (non-hydrogen) atoms. The van der Waals surface area contributed by atoms with Crippen LogP contribution in [0.5, 0.6) is 11.6 Å². The molecule has 11 aromatic carbocycles. The first kappa shape index (κ1) is 78.1. The second-order valence-corrected chi connectivity index (χ2v) is 25.6. The third-order valence-corrected chi connectivity index (χ3v) is 18.8. The summed E-state index contributed by atoms with van der Waals surface area (Å²) in [5.41, 5.74) is 24.3. The molecule has 0 bridgehead atoms. The molecule has 8 heterocycles. The first-order valence-corrected chi connectivity index (χ1v) is 44.2. The van der Waals surface area contributed by atoms with E-state index in [1.807, 2.05) is 122 Å². The molecule has 0 radical (unpaired) electrons. The van der Waals surface area contributed by atoms with Crippen LogP contribution >= 0.6 is 28.3 Å². The minimum atomic E-state index is 0.527. The Morgan fingerprint density at radius 3 is 1.33 bits per heavy atom. The van der Waals surface area contributed by atoms with E-state index in [1.54, 1.807) is 68.7 Å². The van der Waals surface area contributed by atoms with E-state index < -0.39 is 0 Å². The second-order valence-electron chi connectivity index (χ2n) is 25.6. The Labute approximate surface area is 702 Å². The maximum Gasteiger partial charge on any atom is 0.217 e. The molecule has 554 valence electrons. The molecule has 0 saturated heterocycles. The van der Waals surface area contributed by atoms with Gasteiger partial charge in [0.05, 0.1) is 5.52 Å². The number of benzene rings is 11. The van der Waals surface area contributed by atoms with Gasteiger partial charge < -0.3 is 28.8 Å². The number of aromatic nitrogens is 8. The van der Waals surface area contributed by atoms with Gasteiger partial charge in [-0.05, 0) is 156 Å². The predicted molar refractivity (Wildman–Crippen MR) is 454 cm³/mol. The van der Waals surface area contributed by atoms with E-state index in [9.17, 15) is 0 Å². The number of hydrogen-bond acceptors (Lipinski definition) is 7. The van der Waals surface area contributed by atoms with Crippen molar-refractivity contribution in [2.45, 2.75) is 0 Å². The van der Waals surface area contributed by atoms with Crippen molar-refractivity contribution in [3.05, 3.63) is 412 Å². The van der Waals surface area contributed by atoms with E-state index in [-0.39, 0.29) is 0 Å². The summed E-state index contributed by atoms with van der Waals surface area (Å²) in [5.74, 6) is 2.00. The van der Waals surface area contributed by atoms with Crippen LogP contribution in [0.4, 0.5) is 0 Å². The third kappa shape index (κ3) is 18.8. The van der Waals surface area contributed by atoms with Gasteiger partial charge in [-0.1, -0.05) is 272 Å². The van der Waals surface area contributed by atoms with Crippen molar-refractivity contribution >= 4 is 84.1 Å². The Bertz CT molecular complexity index is 6280. The summed E-state index contributed by atoms with van der Waals surface area (Å²) in [4.78, 5) is 27.5. The first-order valence-electron chi connectivity index (χ1n) is 35.8. The Hall–Kier alpha value is -11.6. The summed E-state index contributed by atoms with van der Waals surface area (Å²) < 4.78 is 10.4. The molecular weight excluding hydrogens is 2000 g/mol. The Balaban J connectivity index is 0.000000136. The topological polar surface area (TPSA) is 96.4 Å². The predicted octanol–water partition coefficient (Wildman–Crippen LogP) is 26.4. The van der Waals surface area contributed by atoms with Gasteiger partial charge in [-0.25, -0.2) is 15.0 Å². The van der Waals surface area contributed by atoms with Gasteiger partial charge >= 0.3 is 84.6 Å². The summed E-state index contributed by atoms with van der Waals surface area (Å²) >= 11 is 4.83. The molecule has 0 saturated carbocycles. The zero-order chi connectivity index (χ0) is 77.5. The SMILES string of the molecule is [Cl][Pt+].[Cl][Pt+].[Cl][Pt+].[c-]1c(-c2cc(-c3ccc(-c4ccccc4)cc3)ccn2)ccc2c3ccccc3n(-c3ccccn3)c12.[c-]1c(-c2cc(-c3ccc(-c4ccccc4)cc3)ccn2)cccc1-n1c2ccccc2c2cccnc21.[c-]1c(Oc2ccccn2)cc(-c2ccc(/C=C/c3ccccc3)cc2)cc1-c1ccccn1. The van der Waals surface area contributed by atoms with Crippen molar-refractivity contribution in [3.8, 4) is 113 Å². The van der Waals surface area contributed by atoms with Crippen molar-refractivity contribution in [2.75, 3.05) is 0 Å². The van der Waals surface area contributed by atoms with Gasteiger partial charge in [0.1, 0.15) is 11.5 Å². The zero-order valence-corrected chi connectivity index (χ0v) is 69.2. The number of hydrogen-bond donors (Lipinski definition) is 0. The van der Waals surface area contributed by atoms with Crippen LogP contribution in [-0.2, 0) is 56.3 Å². The number of pyridine rings is 6. The summed E-state index contributed by atoms with van der Waals surface area (Å²) in [6, 6.07) is 129. The van der Waals surface area contributed by atoms with Gasteiger partial charge in [0.25, 0.3) is 0 Å². The minimum Gasteiger partial charge on any atom is -0.459 e. The summed E-state index contributed by atoms with van der Waals surface area (Å²) in [5, 5.41) is 4.66. The fourth-order valence-corrected chi connectivity index (χ4v) is 13.5. The number of para-hydroxylation sites is 2. The molecule has 0 amide bonds. The maximum atomic E-state index is 6.01. The van der Waals surface area contributed by atoms with Gasteiger partial charge in [0.2, 0.25) is 5.88 Å². The van der Waals surface area contributed by atoms with Crippen molar-refractivity contribution in [1.82, 2.24) is 39.0 Å². The summed E-state index contributed by atoms with van der Waals surface area (Å²) in [6.45, 7) is 0. The number of halogens is 3. The number of nitrogens with zero attached hydrogens (tertiary/aromatic N) is 8. The second kappa shape index (κ2) is 39.0. The molecule has 15 heteroatoms. The fourth-order valence-electron chi connectivity index (χ4n) is 13.5. The molecule has 0 unspecified atom stereocenters. The van der Waals surface area contributed by atoms with E-state index in [4.69, 9.17) is 19.7 Å². The average Bonchev–Trinajstić information content (AvgIpc) is 1.60. The largest absolute Gasteiger partial charge is 0.459 e. The molecule has 0 aliphatic heterocycles. The summed E-state index contributed by atoms with van der Waals surface area (Å²) in [7, 11) is 13.8. The molecule has 8 aromatic heterocycles. The molecule has 0 atom stereocenters. The quantitative estimate of drug-likeness (QED) is 0.0790. The molecule has 0 aliphatic rings. The molecule has 0 N–H and O–H groups in total. The minimum absolute atomic E-state index is 0.527. The van der Waals surface area contributed by atoms with Crippen LogP contribution < -0.4 is 4.74 Å². The zero-order valence-electron chi connectivity index (χ0n) is 60.1. The van der Waals surface area contributed by atoms with Crippen molar-refractivity contribution < 1.29 is 61.1 Å². The molecule has 19 rings (SSSR count). The fraction of sp³-hybridized carbons (Fsp3) is 0. The van der Waals surface area contributed by atoms with Gasteiger partial charge in [-0.15, -0.1) is 65.2 Å². The number of fused-ring (bicyclic) bond motifs is 6. The average molecular weight is 2060 g/mol. The van der Waals surface area contributed by atoms with Crippen molar-refractivity contribution in [1.29, 1.82) is 0 Å². The van der Waals surface area contributed by atoms with E-state index in [0.29, 0.717) is 11.6 Å². The summed E-state index contributed by atoms with van der Waals surface area (Å²) in [6.07, 6.45) is 15.1. The molecule has 0 spiro atoms. The van der Waals surface area contributed by atoms with E-state index in [2.05, 4.69) is 331 Å². The van der Waals surface area contributed by atoms with Crippen LogP contribution in [0.2, 0.25) is 0 Å². The monoisotopic (exact) mass is 2060 g/mol. The van der Waals surface area contributed by atoms with Crippen LogP contribution in [0.1, 0.15) is 11.1 Å². The van der Waals surface area contributed by atoms with E-state index in [0.717, 1.165) is 117 Å². The van der Waals surface area contributed by atoms with E-state index >= 15 is 0 Å². The Kier molecular flexibility index (Phi) is 27.0. The normalized spacial score (nSPS) is 10.7. The van der Waals surface area contributed by atoms with Gasteiger partial charge in [0, 0.05) is 65.3 Å². The molecular formula is C98H65Cl3N8OPt3. The molecule has 19 aromatic rings. The first-order chi connectivity index (χ1) is 56.0. The Morgan fingerprint density at radius 2 is 0.743 bits per heavy atom. The van der Waals surface area contributed by atoms with Crippen LogP contribution in [0.3, 0.4) is 0 Å². The van der Waals surface area contributed by atoms with Crippen LogP contribution in [0, 0.1) is 18.2 Å². The Morgan fingerprint density at radius 1 is 0.274 bits per heavy atom. The van der Waals surface area contributed by atoms with Crippen LogP contribution in [0.25, 0.3) is 157 Å². The number of rotatable bonds is 14. The van der Waals surface area contributed by atoms with Crippen LogP contribution in [0.15, 0.2) is 383 Å². The third-order valence-electron chi connectivity index (χ3n) is 18.8. The standard InChI is InChI=1S/2C34H22N3.C30H21N2O.3ClH.3Pt/c1-2-8-24(9-3-1)25-15-17-26(18-16-25)27-19-21-35-32(23-27)28-10-6-11-29(22-28)37-33-14-5-4-12-30(33)31-13-7-20-36-34(31)37;1-2-8-24(9-3-1)25-13-15-26(16-14-25)27-19-21-35-31(22-27)28-17-18-30-29-10-4-5-11-32(29)37(33(30)23-28)34-12-6-7-20-36-34;1-2-8-23(9-3-1)12-13-24-14-16-25(17-15-24)26-20-27(29-10-4-6-18-31-29)22-28(21-26)33-30-11-5-7-19-32-30;;;;;;/h1-21,23H;1-22H;1-21H;3*1H;;;/q3*-1;;;;3*+2/p-3/b;;13-12+;;;;;;. The van der Waals surface area contributed by atoms with Gasteiger partial charge in [0.15, 0.2) is 0 Å². The molecule has 9 nitrogen and oxygen atoms in total. The molecule has 0 fully saturated rings. The van der Waals surface area contributed by atoms with Gasteiger partial charge in [-0.3, -0.25) is 0 Å². The molecule has 0 aliphatic carbocycles. The van der Waals surface area contributed by atoms with Gasteiger partial charge in [-0.2, -0.15) is 0 Å². The van der Waals surface area contributed by atoms with Crippen LogP contribution in [-0.4, -0.2) is 39.0 Å². The smallest absolute Gasteiger partial charge is 0.217 e. The maximum absolute atomic E-state index is 6.01. The van der Waals surface area contributed by atoms with Crippen molar-refractivity contribution in [3.63, 3.8) is 0 Å². The number of ether oxygens (including phenoxy) is 1. The van der Waals surface area contributed by atoms with Crippen molar-refractivity contribution in [2.24, 2.45) is 0 Å². The van der Waals surface area contributed by atoms with E-state index in [1.165, 1.54) is 38.6 Å².